The number of piperidine rings is 1. The fourth-order valence-corrected chi connectivity index (χ4v) is 3.58. The van der Waals surface area contributed by atoms with E-state index in [4.69, 9.17) is 16.3 Å². The number of hydrogen-bond acceptors (Lipinski definition) is 4. The third-order valence-corrected chi connectivity index (χ3v) is 4.83. The van der Waals surface area contributed by atoms with Gasteiger partial charge in [0, 0.05) is 18.0 Å². The van der Waals surface area contributed by atoms with Crippen molar-refractivity contribution >= 4 is 29.0 Å². The Labute approximate surface area is 134 Å². The number of aliphatic hydroxyl groups is 1. The molecular formula is C15H22ClNO3S. The Balaban J connectivity index is 1.87. The summed E-state index contributed by atoms with van der Waals surface area (Å²) in [5.41, 5.74) is -0.471. The second-order valence-electron chi connectivity index (χ2n) is 6.39. The van der Waals surface area contributed by atoms with Crippen LogP contribution in [0, 0.1) is 5.92 Å². The molecule has 1 aliphatic rings. The summed E-state index contributed by atoms with van der Waals surface area (Å²) in [7, 11) is 0. The molecule has 1 aliphatic heterocycles. The molecule has 0 spiro atoms. The minimum Gasteiger partial charge on any atom is -0.444 e. The first kappa shape index (κ1) is 16.6. The number of halogens is 1. The zero-order valence-electron chi connectivity index (χ0n) is 12.6. The molecule has 1 amide bonds. The van der Waals surface area contributed by atoms with Gasteiger partial charge in [-0.25, -0.2) is 4.79 Å². The number of likely N-dealkylation sites (tertiary alicyclic amines) is 1. The number of amides is 1. The standard InChI is InChI=1S/C15H22ClNO3S/c1-15(2,3)20-14(19)17-8-6-10(7-9-17)13(18)11-4-5-12(16)21-11/h4-5,10,13,18H,6-9H2,1-3H3. The van der Waals surface area contributed by atoms with Gasteiger partial charge in [0.1, 0.15) is 5.60 Å². The molecule has 1 aromatic heterocycles. The van der Waals surface area contributed by atoms with Crippen molar-refractivity contribution in [1.82, 2.24) is 4.90 Å². The topological polar surface area (TPSA) is 49.8 Å². The number of thiophene rings is 1. The van der Waals surface area contributed by atoms with E-state index in [1.165, 1.54) is 11.3 Å². The molecule has 1 unspecified atom stereocenters. The molecule has 4 nitrogen and oxygen atoms in total. The quantitative estimate of drug-likeness (QED) is 0.888. The monoisotopic (exact) mass is 331 g/mol. The van der Waals surface area contributed by atoms with Crippen molar-refractivity contribution in [3.05, 3.63) is 21.3 Å². The van der Waals surface area contributed by atoms with Gasteiger partial charge >= 0.3 is 6.09 Å². The van der Waals surface area contributed by atoms with Crippen molar-refractivity contribution in [3.63, 3.8) is 0 Å². The first-order chi connectivity index (χ1) is 9.76. The smallest absolute Gasteiger partial charge is 0.410 e. The fraction of sp³-hybridized carbons (Fsp3) is 0.667. The Hall–Kier alpha value is -0.780. The first-order valence-electron chi connectivity index (χ1n) is 7.17. The molecule has 6 heteroatoms. The van der Waals surface area contributed by atoms with Crippen LogP contribution < -0.4 is 0 Å². The van der Waals surface area contributed by atoms with E-state index in [9.17, 15) is 9.90 Å². The summed E-state index contributed by atoms with van der Waals surface area (Å²) in [6.07, 6.45) is 0.782. The average Bonchev–Trinajstić information content (AvgIpc) is 2.83. The molecule has 118 valence electrons. The van der Waals surface area contributed by atoms with Crippen LogP contribution in [0.5, 0.6) is 0 Å². The molecule has 2 rings (SSSR count). The molecule has 1 atom stereocenters. The second-order valence-corrected chi connectivity index (χ2v) is 8.14. The van der Waals surface area contributed by atoms with E-state index in [0.29, 0.717) is 17.4 Å². The van der Waals surface area contributed by atoms with Gasteiger partial charge in [0.15, 0.2) is 0 Å². The zero-order valence-corrected chi connectivity index (χ0v) is 14.2. The van der Waals surface area contributed by atoms with Crippen molar-refractivity contribution in [2.75, 3.05) is 13.1 Å². The Bertz CT molecular complexity index is 489. The molecule has 1 aromatic rings. The highest BCUT2D eigenvalue weighted by molar-refractivity contribution is 7.16. The number of rotatable bonds is 2. The van der Waals surface area contributed by atoms with E-state index in [-0.39, 0.29) is 12.0 Å². The number of aliphatic hydroxyl groups excluding tert-OH is 1. The van der Waals surface area contributed by atoms with Gasteiger partial charge < -0.3 is 14.7 Å². The van der Waals surface area contributed by atoms with Gasteiger partial charge in [-0.15, -0.1) is 11.3 Å². The molecule has 2 heterocycles. The van der Waals surface area contributed by atoms with Gasteiger partial charge in [-0.2, -0.15) is 0 Å². The maximum Gasteiger partial charge on any atom is 0.410 e. The molecule has 1 N–H and O–H groups in total. The Kier molecular flexibility index (Phi) is 5.17. The van der Waals surface area contributed by atoms with Gasteiger partial charge in [-0.3, -0.25) is 0 Å². The van der Waals surface area contributed by atoms with Crippen LogP contribution in [0.3, 0.4) is 0 Å². The van der Waals surface area contributed by atoms with Gasteiger partial charge in [0.25, 0.3) is 0 Å². The van der Waals surface area contributed by atoms with E-state index in [0.717, 1.165) is 17.7 Å². The number of ether oxygens (including phenoxy) is 1. The predicted octanol–water partition coefficient (Wildman–Crippen LogP) is 4.08. The van der Waals surface area contributed by atoms with Gasteiger partial charge in [0.2, 0.25) is 0 Å². The maximum atomic E-state index is 12.0. The molecule has 21 heavy (non-hydrogen) atoms. The van der Waals surface area contributed by atoms with Crippen molar-refractivity contribution in [3.8, 4) is 0 Å². The third kappa shape index (κ3) is 4.59. The molecule has 0 radical (unpaired) electrons. The Morgan fingerprint density at radius 3 is 2.52 bits per heavy atom. The molecule has 0 saturated carbocycles. The minimum atomic E-state index is -0.497. The predicted molar refractivity (Wildman–Crippen MR) is 84.8 cm³/mol. The number of carbonyl (C=O) groups excluding carboxylic acids is 1. The normalized spacial score (nSPS) is 18.6. The molecule has 0 bridgehead atoms. The lowest BCUT2D eigenvalue weighted by atomic mass is 9.90. The van der Waals surface area contributed by atoms with Crippen LogP contribution >= 0.6 is 22.9 Å². The third-order valence-electron chi connectivity index (χ3n) is 3.52. The molecule has 0 aromatic carbocycles. The van der Waals surface area contributed by atoms with Crippen LogP contribution in [0.4, 0.5) is 4.79 Å². The summed E-state index contributed by atoms with van der Waals surface area (Å²) in [5, 5.41) is 10.4. The summed E-state index contributed by atoms with van der Waals surface area (Å²) in [5.74, 6) is 0.165. The highest BCUT2D eigenvalue weighted by Crippen LogP contribution is 2.35. The number of hydrogen-bond donors (Lipinski definition) is 1. The zero-order chi connectivity index (χ0) is 15.6. The van der Waals surface area contributed by atoms with Crippen LogP contribution in [0.25, 0.3) is 0 Å². The lowest BCUT2D eigenvalue weighted by Gasteiger charge is -2.35. The van der Waals surface area contributed by atoms with E-state index < -0.39 is 11.7 Å². The van der Waals surface area contributed by atoms with E-state index in [2.05, 4.69) is 0 Å². The van der Waals surface area contributed by atoms with E-state index in [1.54, 1.807) is 11.0 Å². The first-order valence-corrected chi connectivity index (χ1v) is 8.37. The molecule has 0 aliphatic carbocycles. The lowest BCUT2D eigenvalue weighted by Crippen LogP contribution is -2.42. The van der Waals surface area contributed by atoms with Crippen LogP contribution in [0.1, 0.15) is 44.6 Å². The summed E-state index contributed by atoms with van der Waals surface area (Å²) in [4.78, 5) is 14.6. The second kappa shape index (κ2) is 6.55. The minimum absolute atomic E-state index is 0.165. The van der Waals surface area contributed by atoms with E-state index >= 15 is 0 Å². The van der Waals surface area contributed by atoms with Crippen LogP contribution in [-0.2, 0) is 4.74 Å². The van der Waals surface area contributed by atoms with Crippen molar-refractivity contribution in [2.24, 2.45) is 5.92 Å². The number of carbonyl (C=O) groups is 1. The van der Waals surface area contributed by atoms with Gasteiger partial charge in [0.05, 0.1) is 10.4 Å². The summed E-state index contributed by atoms with van der Waals surface area (Å²) >= 11 is 7.32. The highest BCUT2D eigenvalue weighted by atomic mass is 35.5. The van der Waals surface area contributed by atoms with Crippen molar-refractivity contribution in [1.29, 1.82) is 0 Å². The van der Waals surface area contributed by atoms with Crippen molar-refractivity contribution < 1.29 is 14.6 Å². The van der Waals surface area contributed by atoms with E-state index in [1.807, 2.05) is 26.8 Å². The molecule has 1 fully saturated rings. The van der Waals surface area contributed by atoms with Gasteiger partial charge in [-0.05, 0) is 51.7 Å². The summed E-state index contributed by atoms with van der Waals surface area (Å²) in [6, 6.07) is 3.68. The van der Waals surface area contributed by atoms with Crippen molar-refractivity contribution in [2.45, 2.75) is 45.3 Å². The fourth-order valence-electron chi connectivity index (χ4n) is 2.44. The SMILES string of the molecule is CC(C)(C)OC(=O)N1CCC(C(O)c2ccc(Cl)s2)CC1. The largest absolute Gasteiger partial charge is 0.444 e. The lowest BCUT2D eigenvalue weighted by molar-refractivity contribution is 0.00809. The summed E-state index contributed by atoms with van der Waals surface area (Å²) in [6.45, 7) is 6.83. The Morgan fingerprint density at radius 1 is 1.43 bits per heavy atom. The Morgan fingerprint density at radius 2 is 2.05 bits per heavy atom. The van der Waals surface area contributed by atoms with Crippen LogP contribution in [0.15, 0.2) is 12.1 Å². The van der Waals surface area contributed by atoms with Crippen LogP contribution in [0.2, 0.25) is 4.34 Å². The highest BCUT2D eigenvalue weighted by Gasteiger charge is 2.30. The molecule has 1 saturated heterocycles. The number of nitrogens with zero attached hydrogens (tertiary/aromatic N) is 1. The van der Waals surface area contributed by atoms with Gasteiger partial charge in [-0.1, -0.05) is 11.6 Å². The average molecular weight is 332 g/mol. The molecular weight excluding hydrogens is 310 g/mol. The van der Waals surface area contributed by atoms with Crippen LogP contribution in [-0.4, -0.2) is 34.8 Å². The summed E-state index contributed by atoms with van der Waals surface area (Å²) < 4.78 is 6.06. The maximum absolute atomic E-state index is 12.0.